The predicted octanol–water partition coefficient (Wildman–Crippen LogP) is 5.17. The SMILES string of the molecule is Nc1ccc(Cc2ccc3c(ccc4ccccc43)c2)cc1. The second-order valence-corrected chi connectivity index (χ2v) is 5.76. The first kappa shape index (κ1) is 12.9. The van der Waals surface area contributed by atoms with Gasteiger partial charge in [0.2, 0.25) is 0 Å². The summed E-state index contributed by atoms with van der Waals surface area (Å²) in [4.78, 5) is 0. The summed E-state index contributed by atoms with van der Waals surface area (Å²) in [7, 11) is 0. The Balaban J connectivity index is 1.77. The van der Waals surface area contributed by atoms with Crippen LogP contribution in [0.25, 0.3) is 21.5 Å². The minimum absolute atomic E-state index is 0.814. The van der Waals surface area contributed by atoms with Gasteiger partial charge in [-0.2, -0.15) is 0 Å². The lowest BCUT2D eigenvalue weighted by Gasteiger charge is -2.07. The Morgan fingerprint density at radius 1 is 0.591 bits per heavy atom. The van der Waals surface area contributed by atoms with E-state index in [9.17, 15) is 0 Å². The van der Waals surface area contributed by atoms with E-state index >= 15 is 0 Å². The molecule has 0 aliphatic heterocycles. The van der Waals surface area contributed by atoms with Crippen molar-refractivity contribution in [3.63, 3.8) is 0 Å². The molecule has 0 aliphatic carbocycles. The Kier molecular flexibility index (Phi) is 3.05. The third-order valence-corrected chi connectivity index (χ3v) is 4.20. The summed E-state index contributed by atoms with van der Waals surface area (Å²) >= 11 is 0. The molecule has 0 unspecified atom stereocenters. The summed E-state index contributed by atoms with van der Waals surface area (Å²) in [6.45, 7) is 0. The Labute approximate surface area is 130 Å². The number of hydrogen-bond donors (Lipinski definition) is 1. The summed E-state index contributed by atoms with van der Waals surface area (Å²) in [5.41, 5.74) is 9.17. The molecule has 0 bridgehead atoms. The van der Waals surface area contributed by atoms with E-state index in [-0.39, 0.29) is 0 Å². The van der Waals surface area contributed by atoms with E-state index in [1.165, 1.54) is 32.7 Å². The summed E-state index contributed by atoms with van der Waals surface area (Å²) in [6.07, 6.45) is 0.934. The normalized spacial score (nSPS) is 11.1. The molecular formula is C21H17N. The van der Waals surface area contributed by atoms with Gasteiger partial charge in [0.25, 0.3) is 0 Å². The van der Waals surface area contributed by atoms with E-state index in [1.54, 1.807) is 0 Å². The Morgan fingerprint density at radius 3 is 2.14 bits per heavy atom. The smallest absolute Gasteiger partial charge is 0.0314 e. The van der Waals surface area contributed by atoms with Gasteiger partial charge in [0.15, 0.2) is 0 Å². The van der Waals surface area contributed by atoms with Crippen LogP contribution in [0.1, 0.15) is 11.1 Å². The molecule has 0 saturated heterocycles. The molecule has 22 heavy (non-hydrogen) atoms. The summed E-state index contributed by atoms with van der Waals surface area (Å²) in [6, 6.07) is 27.8. The number of fused-ring (bicyclic) bond motifs is 3. The predicted molar refractivity (Wildman–Crippen MR) is 95.1 cm³/mol. The maximum atomic E-state index is 5.75. The quantitative estimate of drug-likeness (QED) is 0.399. The number of rotatable bonds is 2. The van der Waals surface area contributed by atoms with Crippen LogP contribution in [0.2, 0.25) is 0 Å². The Bertz CT molecular complexity index is 952. The van der Waals surface area contributed by atoms with E-state index in [1.807, 2.05) is 12.1 Å². The van der Waals surface area contributed by atoms with Crippen molar-refractivity contribution in [2.45, 2.75) is 6.42 Å². The van der Waals surface area contributed by atoms with Crippen LogP contribution in [-0.2, 0) is 6.42 Å². The molecule has 0 aromatic heterocycles. The van der Waals surface area contributed by atoms with Crippen molar-refractivity contribution >= 4 is 27.2 Å². The van der Waals surface area contributed by atoms with Crippen LogP contribution in [0.5, 0.6) is 0 Å². The molecule has 1 heteroatoms. The van der Waals surface area contributed by atoms with E-state index in [0.29, 0.717) is 0 Å². The number of benzene rings is 4. The maximum Gasteiger partial charge on any atom is 0.0314 e. The van der Waals surface area contributed by atoms with Gasteiger partial charge in [-0.25, -0.2) is 0 Å². The number of anilines is 1. The van der Waals surface area contributed by atoms with Crippen molar-refractivity contribution in [2.75, 3.05) is 5.73 Å². The molecular weight excluding hydrogens is 266 g/mol. The van der Waals surface area contributed by atoms with Gasteiger partial charge in [-0.1, -0.05) is 66.7 Å². The van der Waals surface area contributed by atoms with Crippen molar-refractivity contribution in [1.82, 2.24) is 0 Å². The first-order chi connectivity index (χ1) is 10.8. The van der Waals surface area contributed by atoms with Gasteiger partial charge in [-0.15, -0.1) is 0 Å². The molecule has 0 radical (unpaired) electrons. The Hall–Kier alpha value is -2.80. The molecule has 0 fully saturated rings. The van der Waals surface area contributed by atoms with Gasteiger partial charge in [-0.05, 0) is 51.2 Å². The van der Waals surface area contributed by atoms with Gasteiger partial charge < -0.3 is 5.73 Å². The molecule has 0 aliphatic rings. The van der Waals surface area contributed by atoms with E-state index in [0.717, 1.165) is 12.1 Å². The van der Waals surface area contributed by atoms with Crippen molar-refractivity contribution in [3.8, 4) is 0 Å². The number of nitrogens with two attached hydrogens (primary N) is 1. The summed E-state index contributed by atoms with van der Waals surface area (Å²) < 4.78 is 0. The molecule has 0 saturated carbocycles. The fraction of sp³-hybridized carbons (Fsp3) is 0.0476. The average Bonchev–Trinajstić information content (AvgIpc) is 2.57. The molecule has 0 atom stereocenters. The topological polar surface area (TPSA) is 26.0 Å². The first-order valence-electron chi connectivity index (χ1n) is 7.54. The van der Waals surface area contributed by atoms with Crippen molar-refractivity contribution in [3.05, 3.63) is 90.0 Å². The van der Waals surface area contributed by atoms with Crippen LogP contribution in [-0.4, -0.2) is 0 Å². The molecule has 106 valence electrons. The molecule has 0 amide bonds. The van der Waals surface area contributed by atoms with Crippen LogP contribution in [0, 0.1) is 0 Å². The van der Waals surface area contributed by atoms with Crippen LogP contribution < -0.4 is 5.73 Å². The number of nitrogen functional groups attached to an aromatic ring is 1. The maximum absolute atomic E-state index is 5.75. The van der Waals surface area contributed by atoms with Gasteiger partial charge in [0.05, 0.1) is 0 Å². The zero-order chi connectivity index (χ0) is 14.9. The van der Waals surface area contributed by atoms with Crippen LogP contribution in [0.15, 0.2) is 78.9 Å². The number of hydrogen-bond acceptors (Lipinski definition) is 1. The highest BCUT2D eigenvalue weighted by Gasteiger charge is 2.02. The third kappa shape index (κ3) is 2.31. The highest BCUT2D eigenvalue weighted by Crippen LogP contribution is 2.26. The second-order valence-electron chi connectivity index (χ2n) is 5.76. The van der Waals surface area contributed by atoms with Crippen LogP contribution >= 0.6 is 0 Å². The lowest BCUT2D eigenvalue weighted by molar-refractivity contribution is 1.20. The van der Waals surface area contributed by atoms with Crippen molar-refractivity contribution < 1.29 is 0 Å². The molecule has 1 nitrogen and oxygen atoms in total. The molecule has 0 heterocycles. The molecule has 2 N–H and O–H groups in total. The summed E-state index contributed by atoms with van der Waals surface area (Å²) in [5, 5.41) is 5.23. The van der Waals surface area contributed by atoms with Crippen LogP contribution in [0.3, 0.4) is 0 Å². The van der Waals surface area contributed by atoms with Crippen molar-refractivity contribution in [1.29, 1.82) is 0 Å². The average molecular weight is 283 g/mol. The lowest BCUT2D eigenvalue weighted by Crippen LogP contribution is -1.90. The van der Waals surface area contributed by atoms with Gasteiger partial charge in [-0.3, -0.25) is 0 Å². The molecule has 0 spiro atoms. The molecule has 4 aromatic carbocycles. The zero-order valence-corrected chi connectivity index (χ0v) is 12.3. The summed E-state index contributed by atoms with van der Waals surface area (Å²) in [5.74, 6) is 0. The largest absolute Gasteiger partial charge is 0.399 e. The van der Waals surface area contributed by atoms with E-state index in [4.69, 9.17) is 5.73 Å². The van der Waals surface area contributed by atoms with Gasteiger partial charge >= 0.3 is 0 Å². The van der Waals surface area contributed by atoms with Gasteiger partial charge in [0, 0.05) is 5.69 Å². The van der Waals surface area contributed by atoms with Gasteiger partial charge in [0.1, 0.15) is 0 Å². The highest BCUT2D eigenvalue weighted by molar-refractivity contribution is 6.07. The minimum Gasteiger partial charge on any atom is -0.399 e. The minimum atomic E-state index is 0.814. The third-order valence-electron chi connectivity index (χ3n) is 4.20. The van der Waals surface area contributed by atoms with Crippen LogP contribution in [0.4, 0.5) is 5.69 Å². The highest BCUT2D eigenvalue weighted by atomic mass is 14.5. The fourth-order valence-corrected chi connectivity index (χ4v) is 3.04. The lowest BCUT2D eigenvalue weighted by atomic mass is 9.97. The first-order valence-corrected chi connectivity index (χ1v) is 7.54. The zero-order valence-electron chi connectivity index (χ0n) is 12.3. The molecule has 4 aromatic rings. The second kappa shape index (κ2) is 5.19. The van der Waals surface area contributed by atoms with Crippen molar-refractivity contribution in [2.24, 2.45) is 0 Å². The standard InChI is InChI=1S/C21H17N/c22-19-10-5-15(6-11-19)13-16-7-12-21-18(14-16)9-8-17-3-1-2-4-20(17)21/h1-12,14H,13,22H2. The Morgan fingerprint density at radius 2 is 1.27 bits per heavy atom. The monoisotopic (exact) mass is 283 g/mol. The molecule has 4 rings (SSSR count). The van der Waals surface area contributed by atoms with E-state index in [2.05, 4.69) is 66.7 Å². The fourth-order valence-electron chi connectivity index (χ4n) is 3.04. The van der Waals surface area contributed by atoms with E-state index < -0.39 is 0 Å².